The highest BCUT2D eigenvalue weighted by Gasteiger charge is 2.42. The number of benzene rings is 1. The second-order valence-electron chi connectivity index (χ2n) is 7.39. The number of halogens is 1. The molecule has 1 spiro atoms. The van der Waals surface area contributed by atoms with E-state index in [0.29, 0.717) is 0 Å². The van der Waals surface area contributed by atoms with E-state index in [4.69, 9.17) is 0 Å². The van der Waals surface area contributed by atoms with Crippen molar-refractivity contribution in [2.75, 3.05) is 18.0 Å². The van der Waals surface area contributed by atoms with Crippen LogP contribution < -0.4 is 4.90 Å². The fraction of sp³-hybridized carbons (Fsp3) is 0.391. The summed E-state index contributed by atoms with van der Waals surface area (Å²) in [6, 6.07) is 5.36. The molecular weight excluding hydrogens is 309 g/mol. The van der Waals surface area contributed by atoms with E-state index in [1.54, 1.807) is 12.1 Å². The van der Waals surface area contributed by atoms with Gasteiger partial charge >= 0.3 is 0 Å². The molecule has 1 nitrogen and oxygen atoms in total. The second-order valence-corrected chi connectivity index (χ2v) is 7.39. The molecule has 1 aromatic carbocycles. The lowest BCUT2D eigenvalue weighted by atomic mass is 9.75. The molecule has 0 amide bonds. The Bertz CT molecular complexity index is 819. The minimum absolute atomic E-state index is 0.109. The second kappa shape index (κ2) is 6.56. The van der Waals surface area contributed by atoms with Gasteiger partial charge in [-0.1, -0.05) is 30.4 Å². The van der Waals surface area contributed by atoms with E-state index in [1.165, 1.54) is 16.7 Å². The predicted molar refractivity (Wildman–Crippen MR) is 102 cm³/mol. The van der Waals surface area contributed by atoms with Crippen molar-refractivity contribution in [3.63, 3.8) is 0 Å². The molecule has 1 heterocycles. The van der Waals surface area contributed by atoms with Gasteiger partial charge in [0.1, 0.15) is 5.82 Å². The zero-order chi connectivity index (χ0) is 17.3. The van der Waals surface area contributed by atoms with E-state index in [1.807, 2.05) is 6.07 Å². The topological polar surface area (TPSA) is 3.24 Å². The molecule has 0 saturated heterocycles. The van der Waals surface area contributed by atoms with Crippen LogP contribution in [0.2, 0.25) is 0 Å². The van der Waals surface area contributed by atoms with E-state index in [-0.39, 0.29) is 11.2 Å². The van der Waals surface area contributed by atoms with Gasteiger partial charge < -0.3 is 4.90 Å². The van der Waals surface area contributed by atoms with Gasteiger partial charge in [-0.3, -0.25) is 0 Å². The fourth-order valence-electron chi connectivity index (χ4n) is 4.38. The molecule has 2 heteroatoms. The molecule has 0 radical (unpaired) electrons. The molecule has 1 aliphatic heterocycles. The summed E-state index contributed by atoms with van der Waals surface area (Å²) in [6.07, 6.45) is 13.8. The van der Waals surface area contributed by atoms with Gasteiger partial charge in [-0.25, -0.2) is 4.39 Å². The number of anilines is 1. The van der Waals surface area contributed by atoms with Gasteiger partial charge in [0, 0.05) is 37.0 Å². The predicted octanol–water partition coefficient (Wildman–Crippen LogP) is 5.29. The molecule has 3 aliphatic rings. The molecule has 0 bridgehead atoms. The normalized spacial score (nSPS) is 21.0. The molecule has 0 saturated carbocycles. The maximum absolute atomic E-state index is 14.0. The molecule has 0 atom stereocenters. The van der Waals surface area contributed by atoms with Crippen LogP contribution in [-0.2, 0) is 5.41 Å². The lowest BCUT2D eigenvalue weighted by Crippen LogP contribution is -2.34. The maximum atomic E-state index is 14.0. The first-order valence-electron chi connectivity index (χ1n) is 9.21. The van der Waals surface area contributed by atoms with Crippen LogP contribution in [0.3, 0.4) is 0 Å². The van der Waals surface area contributed by atoms with E-state index in [2.05, 4.69) is 48.0 Å². The molecule has 0 unspecified atom stereocenters. The lowest BCUT2D eigenvalue weighted by Gasteiger charge is -2.29. The van der Waals surface area contributed by atoms with Crippen molar-refractivity contribution in [2.45, 2.75) is 44.4 Å². The van der Waals surface area contributed by atoms with Gasteiger partial charge in [0.05, 0.1) is 0 Å². The zero-order valence-electron chi connectivity index (χ0n) is 14.8. The van der Waals surface area contributed by atoms with Crippen LogP contribution in [0, 0.1) is 17.7 Å². The summed E-state index contributed by atoms with van der Waals surface area (Å²) in [6.45, 7) is 3.98. The Kier molecular flexibility index (Phi) is 4.25. The fourth-order valence-corrected chi connectivity index (χ4v) is 4.38. The van der Waals surface area contributed by atoms with Crippen molar-refractivity contribution < 1.29 is 4.39 Å². The van der Waals surface area contributed by atoms with Crippen LogP contribution in [0.5, 0.6) is 0 Å². The molecule has 1 aromatic rings. The molecule has 4 rings (SSSR count). The van der Waals surface area contributed by atoms with E-state index >= 15 is 0 Å². The van der Waals surface area contributed by atoms with E-state index in [0.717, 1.165) is 50.9 Å². The van der Waals surface area contributed by atoms with Gasteiger partial charge in [-0.05, 0) is 55.0 Å². The Labute approximate surface area is 149 Å². The standard InChI is InChI=1S/C23H24FN/c1-18-9-5-4-6-10-19(18)16-25-17-23(13-7-2-3-8-14-23)21-12-11-20(24)15-22(21)25/h4,6,9-12,15H,5,7-8,13-14,16-17H2,1H3. The van der Waals surface area contributed by atoms with Gasteiger partial charge in [0.2, 0.25) is 0 Å². The zero-order valence-corrected chi connectivity index (χ0v) is 14.8. The third-order valence-corrected chi connectivity index (χ3v) is 5.81. The van der Waals surface area contributed by atoms with E-state index < -0.39 is 0 Å². The number of hydrogen-bond donors (Lipinski definition) is 0. The quantitative estimate of drug-likeness (QED) is 0.664. The first-order chi connectivity index (χ1) is 12.2. The summed E-state index contributed by atoms with van der Waals surface area (Å²) >= 11 is 0. The smallest absolute Gasteiger partial charge is 0.125 e. The summed E-state index contributed by atoms with van der Waals surface area (Å²) in [7, 11) is 0. The summed E-state index contributed by atoms with van der Waals surface area (Å²) in [5, 5.41) is 0. The molecule has 128 valence electrons. The highest BCUT2D eigenvalue weighted by Crippen LogP contribution is 2.47. The third kappa shape index (κ3) is 3.04. The summed E-state index contributed by atoms with van der Waals surface area (Å²) in [4.78, 5) is 2.38. The molecule has 0 fully saturated rings. The van der Waals surface area contributed by atoms with E-state index in [9.17, 15) is 4.39 Å². The van der Waals surface area contributed by atoms with Crippen LogP contribution in [0.4, 0.5) is 10.1 Å². The Morgan fingerprint density at radius 3 is 2.80 bits per heavy atom. The summed E-state index contributed by atoms with van der Waals surface area (Å²) in [5.74, 6) is 6.41. The molecular formula is C23H24FN. The van der Waals surface area contributed by atoms with Crippen molar-refractivity contribution in [3.05, 3.63) is 65.0 Å². The van der Waals surface area contributed by atoms with Crippen LogP contribution in [0.1, 0.15) is 44.6 Å². The number of nitrogens with zero attached hydrogens (tertiary/aromatic N) is 1. The highest BCUT2D eigenvalue weighted by molar-refractivity contribution is 5.64. The monoisotopic (exact) mass is 333 g/mol. The van der Waals surface area contributed by atoms with Gasteiger partial charge in [-0.2, -0.15) is 0 Å². The van der Waals surface area contributed by atoms with Gasteiger partial charge in [-0.15, -0.1) is 11.8 Å². The van der Waals surface area contributed by atoms with Crippen LogP contribution >= 0.6 is 0 Å². The SMILES string of the molecule is CC1=CCC=CC=C1CN1CC2(CCC#CCC2)c2ccc(F)cc21. The average Bonchev–Trinajstić information content (AvgIpc) is 2.80. The minimum atomic E-state index is -0.146. The van der Waals surface area contributed by atoms with Crippen molar-refractivity contribution in [2.24, 2.45) is 0 Å². The number of hydrogen-bond acceptors (Lipinski definition) is 1. The highest BCUT2D eigenvalue weighted by atomic mass is 19.1. The lowest BCUT2D eigenvalue weighted by molar-refractivity contribution is 0.402. The molecule has 2 aliphatic carbocycles. The third-order valence-electron chi connectivity index (χ3n) is 5.81. The summed E-state index contributed by atoms with van der Waals surface area (Å²) < 4.78 is 14.0. The van der Waals surface area contributed by atoms with Crippen LogP contribution in [0.25, 0.3) is 0 Å². The van der Waals surface area contributed by atoms with Gasteiger partial charge in [0.25, 0.3) is 0 Å². The molecule has 0 aromatic heterocycles. The van der Waals surface area contributed by atoms with Crippen molar-refractivity contribution >= 4 is 5.69 Å². The number of fused-ring (bicyclic) bond motifs is 2. The van der Waals surface area contributed by atoms with Crippen molar-refractivity contribution in [3.8, 4) is 11.8 Å². The number of allylic oxidation sites excluding steroid dienone is 4. The summed E-state index contributed by atoms with van der Waals surface area (Å²) in [5.41, 5.74) is 5.15. The average molecular weight is 333 g/mol. The Morgan fingerprint density at radius 1 is 1.20 bits per heavy atom. The number of rotatable bonds is 2. The molecule has 0 N–H and O–H groups in total. The first-order valence-corrected chi connectivity index (χ1v) is 9.21. The Balaban J connectivity index is 1.69. The first kappa shape index (κ1) is 16.2. The maximum Gasteiger partial charge on any atom is 0.125 e. The van der Waals surface area contributed by atoms with Crippen LogP contribution in [-0.4, -0.2) is 13.1 Å². The van der Waals surface area contributed by atoms with Crippen molar-refractivity contribution in [1.29, 1.82) is 0 Å². The minimum Gasteiger partial charge on any atom is -0.366 e. The largest absolute Gasteiger partial charge is 0.366 e. The van der Waals surface area contributed by atoms with Crippen molar-refractivity contribution in [1.82, 2.24) is 0 Å². The Morgan fingerprint density at radius 2 is 2.00 bits per heavy atom. The Hall–Kier alpha value is -2.27. The van der Waals surface area contributed by atoms with Crippen LogP contribution in [0.15, 0.2) is 53.6 Å². The van der Waals surface area contributed by atoms with Gasteiger partial charge in [0.15, 0.2) is 0 Å². The molecule has 25 heavy (non-hydrogen) atoms.